The van der Waals surface area contributed by atoms with Gasteiger partial charge in [-0.05, 0) is 118 Å². The molecule has 0 spiro atoms. The van der Waals surface area contributed by atoms with E-state index < -0.39 is 5.41 Å². The van der Waals surface area contributed by atoms with Crippen molar-refractivity contribution in [2.75, 3.05) is 4.90 Å². The summed E-state index contributed by atoms with van der Waals surface area (Å²) in [6.07, 6.45) is 0. The van der Waals surface area contributed by atoms with Gasteiger partial charge in [0.2, 0.25) is 0 Å². The van der Waals surface area contributed by atoms with Crippen LogP contribution in [0.15, 0.2) is 157 Å². The molecular weight excluding hydrogens is 733 g/mol. The normalized spacial score (nSPS) is 19.7. The molecule has 59 heavy (non-hydrogen) atoms. The number of aryl methyl sites for hydroxylation is 1. The molecule has 2 heterocycles. The van der Waals surface area contributed by atoms with Gasteiger partial charge in [0.05, 0.1) is 21.4 Å². The third-order valence-corrected chi connectivity index (χ3v) is 15.1. The first-order valence-corrected chi connectivity index (χ1v) is 22.1. The highest BCUT2D eigenvalue weighted by Gasteiger charge is 2.55. The summed E-state index contributed by atoms with van der Waals surface area (Å²) in [5.41, 5.74) is 17.5. The van der Waals surface area contributed by atoms with Crippen LogP contribution in [0.2, 0.25) is 0 Å². The van der Waals surface area contributed by atoms with Gasteiger partial charge < -0.3 is 9.47 Å². The molecule has 3 heteroatoms. The van der Waals surface area contributed by atoms with Gasteiger partial charge in [0.25, 0.3) is 0 Å². The lowest BCUT2D eigenvalue weighted by molar-refractivity contribution is 0.427. The van der Waals surface area contributed by atoms with Crippen molar-refractivity contribution in [3.8, 4) is 16.9 Å². The summed E-state index contributed by atoms with van der Waals surface area (Å²) >= 11 is 1.94. The zero-order valence-corrected chi connectivity index (χ0v) is 37.6. The maximum Gasteiger partial charge on any atom is 0.0585 e. The Kier molecular flexibility index (Phi) is 9.07. The summed E-state index contributed by atoms with van der Waals surface area (Å²) in [5, 5.41) is 3.80. The van der Waals surface area contributed by atoms with Crippen LogP contribution < -0.4 is 4.90 Å². The maximum absolute atomic E-state index is 2.57. The van der Waals surface area contributed by atoms with Crippen LogP contribution in [-0.2, 0) is 26.4 Å². The van der Waals surface area contributed by atoms with Crippen molar-refractivity contribution >= 4 is 34.0 Å². The number of nitrogens with zero attached hydrogens (tertiary/aromatic N) is 2. The summed E-state index contributed by atoms with van der Waals surface area (Å²) in [5.74, 6) is 0. The molecule has 1 aromatic heterocycles. The minimum absolute atomic E-state index is 0.0327. The zero-order chi connectivity index (χ0) is 41.7. The largest absolute Gasteiger partial charge is 0.313 e. The van der Waals surface area contributed by atoms with E-state index in [1.54, 1.807) is 0 Å². The number of benzene rings is 6. The second-order valence-corrected chi connectivity index (χ2v) is 21.2. The zero-order valence-electron chi connectivity index (χ0n) is 36.7. The van der Waals surface area contributed by atoms with Crippen LogP contribution in [0.1, 0.15) is 108 Å². The molecule has 7 aromatic rings. The molecule has 298 valence electrons. The highest BCUT2D eigenvalue weighted by atomic mass is 32.2. The number of anilines is 2. The van der Waals surface area contributed by atoms with Crippen molar-refractivity contribution < 1.29 is 0 Å². The molecule has 0 saturated heterocycles. The van der Waals surface area contributed by atoms with Crippen LogP contribution in [0.3, 0.4) is 0 Å². The van der Waals surface area contributed by atoms with E-state index in [0.717, 1.165) is 11.4 Å². The van der Waals surface area contributed by atoms with Gasteiger partial charge in [0.15, 0.2) is 0 Å². The van der Waals surface area contributed by atoms with Crippen LogP contribution >= 0.6 is 11.8 Å². The van der Waals surface area contributed by atoms with Gasteiger partial charge in [0.1, 0.15) is 0 Å². The van der Waals surface area contributed by atoms with Crippen molar-refractivity contribution in [2.45, 2.75) is 103 Å². The average Bonchev–Trinajstić information content (AvgIpc) is 3.79. The number of hydrogen-bond acceptors (Lipinski definition) is 2. The Hall–Kier alpha value is -5.25. The highest BCUT2D eigenvalue weighted by molar-refractivity contribution is 8.03. The van der Waals surface area contributed by atoms with E-state index in [9.17, 15) is 0 Å². The number of rotatable bonds is 6. The van der Waals surface area contributed by atoms with Crippen LogP contribution in [0, 0.1) is 6.92 Å². The number of fused-ring (bicyclic) bond motifs is 5. The Morgan fingerprint density at radius 2 is 1.17 bits per heavy atom. The monoisotopic (exact) mass is 790 g/mol. The summed E-state index contributed by atoms with van der Waals surface area (Å²) in [4.78, 5) is 2.57. The minimum atomic E-state index is -0.402. The topological polar surface area (TPSA) is 8.17 Å². The molecule has 6 aromatic carbocycles. The Labute approximate surface area is 357 Å². The van der Waals surface area contributed by atoms with E-state index >= 15 is 0 Å². The maximum atomic E-state index is 2.57. The molecule has 0 radical (unpaired) electrons. The highest BCUT2D eigenvalue weighted by Crippen LogP contribution is 2.63. The molecule has 9 rings (SSSR count). The van der Waals surface area contributed by atoms with Gasteiger partial charge in [-0.15, -0.1) is 11.8 Å². The summed E-state index contributed by atoms with van der Waals surface area (Å²) in [6, 6.07) is 55.1. The predicted molar refractivity (Wildman–Crippen MR) is 255 cm³/mol. The standard InChI is InChI=1S/C56H58N2S/c1-37-32-43(35-44(33-37)58-48-31-28-41(53(5,6)7)34-46(48)50-51(58)45-24-18-19-25-47(45)54(50,8)9)57(42-29-26-38(27-30-42)52(2,3)4)49-36-59-56(11,40-22-16-13-17-23-40)55(49,10)39-20-14-12-15-21-39/h12-36H,1-11H3. The molecule has 0 fully saturated rings. The summed E-state index contributed by atoms with van der Waals surface area (Å²) in [6.45, 7) is 25.8. The van der Waals surface area contributed by atoms with Gasteiger partial charge in [0, 0.05) is 39.1 Å². The van der Waals surface area contributed by atoms with Gasteiger partial charge in [-0.3, -0.25) is 0 Å². The van der Waals surface area contributed by atoms with Gasteiger partial charge in [-0.25, -0.2) is 0 Å². The molecule has 0 bridgehead atoms. The van der Waals surface area contributed by atoms with Crippen LogP contribution in [-0.4, -0.2) is 4.57 Å². The van der Waals surface area contributed by atoms with Gasteiger partial charge in [-0.2, -0.15) is 0 Å². The Morgan fingerprint density at radius 1 is 0.576 bits per heavy atom. The molecule has 1 aliphatic carbocycles. The molecule has 0 amide bonds. The quantitative estimate of drug-likeness (QED) is 0.166. The van der Waals surface area contributed by atoms with E-state index in [1.807, 2.05) is 11.8 Å². The molecular formula is C56H58N2S. The van der Waals surface area contributed by atoms with E-state index in [1.165, 1.54) is 72.5 Å². The first-order valence-electron chi connectivity index (χ1n) is 21.3. The lowest BCUT2D eigenvalue weighted by atomic mass is 9.66. The number of thioether (sulfide) groups is 1. The lowest BCUT2D eigenvalue weighted by Crippen LogP contribution is -2.45. The van der Waals surface area contributed by atoms with Crippen molar-refractivity contribution in [1.29, 1.82) is 0 Å². The summed E-state index contributed by atoms with van der Waals surface area (Å²) in [7, 11) is 0. The fourth-order valence-corrected chi connectivity index (χ4v) is 11.5. The van der Waals surface area contributed by atoms with E-state index in [-0.39, 0.29) is 21.0 Å². The number of hydrogen-bond donors (Lipinski definition) is 0. The first kappa shape index (κ1) is 39.2. The van der Waals surface area contributed by atoms with Crippen LogP contribution in [0.5, 0.6) is 0 Å². The second-order valence-electron chi connectivity index (χ2n) is 19.9. The van der Waals surface area contributed by atoms with Crippen molar-refractivity contribution in [3.05, 3.63) is 196 Å². The molecule has 0 saturated carbocycles. The fourth-order valence-electron chi connectivity index (χ4n) is 10.1. The third-order valence-electron chi connectivity index (χ3n) is 13.7. The van der Waals surface area contributed by atoms with Crippen LogP contribution in [0.4, 0.5) is 11.4 Å². The van der Waals surface area contributed by atoms with Crippen molar-refractivity contribution in [2.24, 2.45) is 0 Å². The molecule has 0 N–H and O–H groups in total. The predicted octanol–water partition coefficient (Wildman–Crippen LogP) is 15.4. The minimum Gasteiger partial charge on any atom is -0.313 e. The van der Waals surface area contributed by atoms with E-state index in [4.69, 9.17) is 0 Å². The van der Waals surface area contributed by atoms with Gasteiger partial charge in [-0.1, -0.05) is 159 Å². The fraction of sp³-hybridized carbons (Fsp3) is 0.286. The second kappa shape index (κ2) is 13.6. The van der Waals surface area contributed by atoms with Crippen LogP contribution in [0.25, 0.3) is 27.8 Å². The molecule has 2 aliphatic rings. The Morgan fingerprint density at radius 3 is 1.81 bits per heavy atom. The van der Waals surface area contributed by atoms with E-state index in [0.29, 0.717) is 0 Å². The van der Waals surface area contributed by atoms with Gasteiger partial charge >= 0.3 is 0 Å². The average molecular weight is 791 g/mol. The molecule has 2 nitrogen and oxygen atoms in total. The molecule has 1 aliphatic heterocycles. The molecule has 2 atom stereocenters. The number of allylic oxidation sites excluding steroid dienone is 1. The number of aromatic nitrogens is 1. The third kappa shape index (κ3) is 6.06. The lowest BCUT2D eigenvalue weighted by Gasteiger charge is -2.46. The smallest absolute Gasteiger partial charge is 0.0585 e. The van der Waals surface area contributed by atoms with E-state index in [2.05, 4.69) is 237 Å². The Bertz CT molecular complexity index is 2760. The SMILES string of the molecule is Cc1cc(N(C2=CSC(C)(c3ccccc3)C2(C)c2ccccc2)c2ccc(C(C)(C)C)cc2)cc(-n2c3c(c4cc(C(C)(C)C)ccc42)C(C)(C)c2ccccc2-3)c1. The van der Waals surface area contributed by atoms with Crippen molar-refractivity contribution in [1.82, 2.24) is 4.57 Å². The summed E-state index contributed by atoms with van der Waals surface area (Å²) < 4.78 is 2.29. The Balaban J connectivity index is 1.32. The first-order chi connectivity index (χ1) is 27.9. The van der Waals surface area contributed by atoms with Crippen molar-refractivity contribution in [3.63, 3.8) is 0 Å². The molecule has 2 unspecified atom stereocenters.